The second kappa shape index (κ2) is 13.8. The fourth-order valence-electron chi connectivity index (χ4n) is 4.01. The van der Waals surface area contributed by atoms with Crippen LogP contribution >= 0.6 is 0 Å². The molecule has 31 heavy (non-hydrogen) atoms. The van der Waals surface area contributed by atoms with Gasteiger partial charge < -0.3 is 9.47 Å². The van der Waals surface area contributed by atoms with Crippen LogP contribution in [0.2, 0.25) is 0 Å². The third-order valence-electron chi connectivity index (χ3n) is 5.62. The normalized spacial score (nSPS) is 20.9. The van der Waals surface area contributed by atoms with Crippen LogP contribution in [-0.2, 0) is 9.47 Å². The Morgan fingerprint density at radius 3 is 2.03 bits per heavy atom. The van der Waals surface area contributed by atoms with Gasteiger partial charge in [-0.1, -0.05) is 83.3 Å². The quantitative estimate of drug-likeness (QED) is 0.222. The molecule has 1 fully saturated rings. The number of rotatable bonds is 13. The van der Waals surface area contributed by atoms with E-state index in [1.54, 1.807) is 13.8 Å². The van der Waals surface area contributed by atoms with Crippen molar-refractivity contribution < 1.29 is 14.3 Å². The van der Waals surface area contributed by atoms with Gasteiger partial charge in [0.1, 0.15) is 17.4 Å². The first-order valence-electron chi connectivity index (χ1n) is 12.4. The summed E-state index contributed by atoms with van der Waals surface area (Å²) < 4.78 is 11.5. The summed E-state index contributed by atoms with van der Waals surface area (Å²) in [5.74, 6) is 0. The Bertz CT molecular complexity index is 586. The molecular weight excluding hydrogens is 388 g/mol. The van der Waals surface area contributed by atoms with Crippen molar-refractivity contribution in [3.63, 3.8) is 0 Å². The summed E-state index contributed by atoms with van der Waals surface area (Å²) in [4.78, 5) is 14.1. The van der Waals surface area contributed by atoms with Gasteiger partial charge in [-0.25, -0.2) is 4.79 Å². The molecular formula is C26H46N2O3. The average molecular weight is 435 g/mol. The summed E-state index contributed by atoms with van der Waals surface area (Å²) in [5.41, 5.74) is -1.50. The van der Waals surface area contributed by atoms with E-state index in [2.05, 4.69) is 19.1 Å². The zero-order valence-electron chi connectivity index (χ0n) is 20.9. The Balaban J connectivity index is 2.31. The zero-order chi connectivity index (χ0) is 23.3. The molecule has 0 N–H and O–H groups in total. The van der Waals surface area contributed by atoms with E-state index < -0.39 is 29.6 Å². The van der Waals surface area contributed by atoms with E-state index in [1.807, 2.05) is 26.8 Å². The van der Waals surface area contributed by atoms with Gasteiger partial charge in [0, 0.05) is 0 Å². The Morgan fingerprint density at radius 1 is 1.03 bits per heavy atom. The van der Waals surface area contributed by atoms with Gasteiger partial charge in [-0.15, -0.1) is 0 Å². The molecule has 5 nitrogen and oxygen atoms in total. The van der Waals surface area contributed by atoms with Gasteiger partial charge in [0.25, 0.3) is 0 Å². The number of amides is 1. The summed E-state index contributed by atoms with van der Waals surface area (Å²) >= 11 is 0. The van der Waals surface area contributed by atoms with Crippen LogP contribution in [0, 0.1) is 11.3 Å². The minimum absolute atomic E-state index is 0.430. The third kappa shape index (κ3) is 10.5. The predicted molar refractivity (Wildman–Crippen MR) is 127 cm³/mol. The molecule has 1 aliphatic rings. The highest BCUT2D eigenvalue weighted by Crippen LogP contribution is 2.34. The molecule has 0 aromatic carbocycles. The Morgan fingerprint density at radius 2 is 1.55 bits per heavy atom. The van der Waals surface area contributed by atoms with E-state index in [1.165, 1.54) is 69.1 Å². The van der Waals surface area contributed by atoms with Gasteiger partial charge in [0.05, 0.1) is 6.07 Å². The smallest absolute Gasteiger partial charge is 0.413 e. The van der Waals surface area contributed by atoms with Crippen molar-refractivity contribution in [3.05, 3.63) is 12.2 Å². The highest BCUT2D eigenvalue weighted by molar-refractivity contribution is 5.70. The van der Waals surface area contributed by atoms with Gasteiger partial charge in [0.2, 0.25) is 0 Å². The molecule has 0 unspecified atom stereocenters. The van der Waals surface area contributed by atoms with Gasteiger partial charge in [-0.3, -0.25) is 4.90 Å². The lowest BCUT2D eigenvalue weighted by atomic mass is 10.0. The van der Waals surface area contributed by atoms with Crippen LogP contribution in [0.1, 0.15) is 119 Å². The number of allylic oxidation sites excluding steroid dienone is 1. The van der Waals surface area contributed by atoms with Crippen LogP contribution in [0.4, 0.5) is 4.79 Å². The van der Waals surface area contributed by atoms with Crippen LogP contribution in [0.15, 0.2) is 12.2 Å². The number of hydrogen-bond acceptors (Lipinski definition) is 4. The summed E-state index contributed by atoms with van der Waals surface area (Å²) in [6.07, 6.45) is 18.7. The van der Waals surface area contributed by atoms with Crippen molar-refractivity contribution in [3.8, 4) is 6.07 Å². The highest BCUT2D eigenvalue weighted by Gasteiger charge is 2.50. The SMILES string of the molecule is CCCCCCCCCCCCC/C=C/[C@H]1OC(C)(C)N(C(=O)OC(C)(C)C)[C@H]1C#N. The largest absolute Gasteiger partial charge is 0.444 e. The Labute approximate surface area is 191 Å². The summed E-state index contributed by atoms with van der Waals surface area (Å²) in [6, 6.07) is 1.55. The first-order valence-corrected chi connectivity index (χ1v) is 12.4. The maximum absolute atomic E-state index is 12.6. The summed E-state index contributed by atoms with van der Waals surface area (Å²) in [5, 5.41) is 9.68. The second-order valence-corrected chi connectivity index (χ2v) is 10.2. The standard InChI is InChI=1S/C26H46N2O3/c1-7-8-9-10-11-12-13-14-15-16-17-18-19-20-23-22(21-27)28(26(5,6)30-23)24(29)31-25(2,3)4/h19-20,22-23H,7-18H2,1-6H3/b20-19+/t22-,23+/m0/s1. The lowest BCUT2D eigenvalue weighted by molar-refractivity contribution is -0.0708. The number of nitriles is 1. The van der Waals surface area contributed by atoms with Gasteiger partial charge >= 0.3 is 6.09 Å². The van der Waals surface area contributed by atoms with Crippen LogP contribution < -0.4 is 0 Å². The van der Waals surface area contributed by atoms with E-state index in [0.29, 0.717) is 0 Å². The molecule has 1 saturated heterocycles. The minimum Gasteiger partial charge on any atom is -0.444 e. The van der Waals surface area contributed by atoms with Crippen LogP contribution in [-0.4, -0.2) is 34.5 Å². The first-order chi connectivity index (χ1) is 14.6. The van der Waals surface area contributed by atoms with Gasteiger partial charge in [-0.2, -0.15) is 5.26 Å². The number of nitrogens with zero attached hydrogens (tertiary/aromatic N) is 2. The molecule has 2 atom stereocenters. The fourth-order valence-corrected chi connectivity index (χ4v) is 4.01. The summed E-state index contributed by atoms with van der Waals surface area (Å²) in [6.45, 7) is 11.3. The van der Waals surface area contributed by atoms with Crippen LogP contribution in [0.25, 0.3) is 0 Å². The number of carbonyl (C=O) groups is 1. The minimum atomic E-state index is -0.881. The predicted octanol–water partition coefficient (Wildman–Crippen LogP) is 7.51. The van der Waals surface area contributed by atoms with Crippen molar-refractivity contribution in [1.82, 2.24) is 4.90 Å². The molecule has 0 bridgehead atoms. The van der Waals surface area contributed by atoms with E-state index in [-0.39, 0.29) is 0 Å². The Hall–Kier alpha value is -1.54. The number of ether oxygens (including phenoxy) is 2. The fraction of sp³-hybridized carbons (Fsp3) is 0.846. The molecule has 178 valence electrons. The maximum Gasteiger partial charge on any atom is 0.413 e. The van der Waals surface area contributed by atoms with Crippen LogP contribution in [0.5, 0.6) is 0 Å². The lowest BCUT2D eigenvalue weighted by Crippen LogP contribution is -2.49. The number of carbonyl (C=O) groups excluding carboxylic acids is 1. The van der Waals surface area contributed by atoms with Gasteiger partial charge in [0.15, 0.2) is 6.04 Å². The van der Waals surface area contributed by atoms with Crippen molar-refractivity contribution >= 4 is 6.09 Å². The van der Waals surface area contributed by atoms with Crippen LogP contribution in [0.3, 0.4) is 0 Å². The van der Waals surface area contributed by atoms with E-state index in [0.717, 1.165) is 12.8 Å². The van der Waals surface area contributed by atoms with Crippen molar-refractivity contribution in [2.75, 3.05) is 0 Å². The molecule has 0 aromatic heterocycles. The zero-order valence-corrected chi connectivity index (χ0v) is 20.9. The van der Waals surface area contributed by atoms with Crippen molar-refractivity contribution in [1.29, 1.82) is 5.26 Å². The van der Waals surface area contributed by atoms with Crippen molar-refractivity contribution in [2.24, 2.45) is 0 Å². The molecule has 1 heterocycles. The Kier molecular flexibility index (Phi) is 12.2. The van der Waals surface area contributed by atoms with Crippen molar-refractivity contribution in [2.45, 2.75) is 142 Å². The third-order valence-corrected chi connectivity index (χ3v) is 5.62. The second-order valence-electron chi connectivity index (χ2n) is 10.2. The average Bonchev–Trinajstić information content (AvgIpc) is 2.93. The number of hydrogen-bond donors (Lipinski definition) is 0. The van der Waals surface area contributed by atoms with E-state index in [9.17, 15) is 10.1 Å². The molecule has 1 rings (SSSR count). The molecule has 0 aromatic rings. The molecule has 0 aliphatic carbocycles. The molecule has 0 saturated carbocycles. The first kappa shape index (κ1) is 27.5. The lowest BCUT2D eigenvalue weighted by Gasteiger charge is -2.33. The van der Waals surface area contributed by atoms with E-state index >= 15 is 0 Å². The topological polar surface area (TPSA) is 62.6 Å². The monoisotopic (exact) mass is 434 g/mol. The molecule has 0 radical (unpaired) electrons. The number of unbranched alkanes of at least 4 members (excludes halogenated alkanes) is 11. The molecule has 1 amide bonds. The van der Waals surface area contributed by atoms with E-state index in [4.69, 9.17) is 9.47 Å². The molecule has 1 aliphatic heterocycles. The van der Waals surface area contributed by atoms with Gasteiger partial charge in [-0.05, 0) is 47.5 Å². The molecule has 5 heteroatoms. The highest BCUT2D eigenvalue weighted by atomic mass is 16.6. The molecule has 0 spiro atoms. The summed E-state index contributed by atoms with van der Waals surface area (Å²) in [7, 11) is 0. The maximum atomic E-state index is 12.6.